The van der Waals surface area contributed by atoms with Crippen LogP contribution in [0.4, 0.5) is 0 Å². The third-order valence-corrected chi connectivity index (χ3v) is 3.17. The number of aromatic nitrogens is 2. The summed E-state index contributed by atoms with van der Waals surface area (Å²) in [7, 11) is -4.18. The molecule has 8 heteroatoms. The Kier molecular flexibility index (Phi) is 3.36. The quantitative estimate of drug-likeness (QED) is 0.706. The van der Waals surface area contributed by atoms with E-state index in [-0.39, 0.29) is 11.4 Å². The fraction of sp³-hybridized carbons (Fsp3) is 0.0909. The van der Waals surface area contributed by atoms with Crippen molar-refractivity contribution in [2.45, 2.75) is 5.75 Å². The average Bonchev–Trinajstić information content (AvgIpc) is 2.76. The van der Waals surface area contributed by atoms with E-state index < -0.39 is 21.8 Å². The molecule has 100 valence electrons. The van der Waals surface area contributed by atoms with Crippen LogP contribution < -0.4 is 5.73 Å². The Morgan fingerprint density at radius 3 is 2.68 bits per heavy atom. The van der Waals surface area contributed by atoms with Gasteiger partial charge in [-0.2, -0.15) is 8.42 Å². The predicted molar refractivity (Wildman–Crippen MR) is 67.8 cm³/mol. The van der Waals surface area contributed by atoms with Gasteiger partial charge in [-0.25, -0.2) is 4.98 Å². The second-order valence-electron chi connectivity index (χ2n) is 3.87. The van der Waals surface area contributed by atoms with E-state index in [2.05, 4.69) is 9.97 Å². The highest BCUT2D eigenvalue weighted by molar-refractivity contribution is 7.85. The zero-order valence-electron chi connectivity index (χ0n) is 9.70. The monoisotopic (exact) mass is 281 g/mol. The molecule has 1 amide bonds. The van der Waals surface area contributed by atoms with Gasteiger partial charge in [0.15, 0.2) is 0 Å². The molecule has 1 aromatic carbocycles. The Morgan fingerprint density at radius 2 is 2.05 bits per heavy atom. The molecule has 0 aliphatic carbocycles. The first-order valence-electron chi connectivity index (χ1n) is 5.25. The van der Waals surface area contributed by atoms with Crippen LogP contribution in [-0.4, -0.2) is 28.8 Å². The summed E-state index contributed by atoms with van der Waals surface area (Å²) in [4.78, 5) is 17.8. The largest absolute Gasteiger partial charge is 0.364 e. The Morgan fingerprint density at radius 1 is 1.37 bits per heavy atom. The Bertz CT molecular complexity index is 721. The molecule has 2 aromatic rings. The fourth-order valence-corrected chi connectivity index (χ4v) is 2.40. The number of nitrogens with two attached hydrogens (primary N) is 1. The Hall–Kier alpha value is -2.19. The molecule has 0 saturated heterocycles. The number of nitrogens with one attached hydrogen (secondary N) is 1. The number of imidazole rings is 1. The molecule has 1 aromatic heterocycles. The molecule has 0 fully saturated rings. The molecule has 0 spiro atoms. The average molecular weight is 281 g/mol. The third kappa shape index (κ3) is 2.98. The highest BCUT2D eigenvalue weighted by atomic mass is 32.2. The van der Waals surface area contributed by atoms with Crippen molar-refractivity contribution in [2.24, 2.45) is 5.73 Å². The fourth-order valence-electron chi connectivity index (χ4n) is 1.76. The summed E-state index contributed by atoms with van der Waals surface area (Å²) in [5, 5.41) is 0. The van der Waals surface area contributed by atoms with Gasteiger partial charge in [0.25, 0.3) is 16.0 Å². The summed E-state index contributed by atoms with van der Waals surface area (Å²) in [5.74, 6) is -1.26. The van der Waals surface area contributed by atoms with Crippen molar-refractivity contribution in [3.05, 3.63) is 41.9 Å². The number of hydrogen-bond donors (Lipinski definition) is 3. The number of amides is 1. The first-order valence-corrected chi connectivity index (χ1v) is 6.86. The molecule has 0 aliphatic rings. The minimum Gasteiger partial charge on any atom is -0.364 e. The van der Waals surface area contributed by atoms with Crippen molar-refractivity contribution in [3.63, 3.8) is 0 Å². The molecule has 0 aliphatic heterocycles. The van der Waals surface area contributed by atoms with Crippen LogP contribution in [0.2, 0.25) is 0 Å². The first kappa shape index (κ1) is 13.2. The molecule has 0 atom stereocenters. The molecule has 1 heterocycles. The van der Waals surface area contributed by atoms with Gasteiger partial charge in [-0.15, -0.1) is 0 Å². The van der Waals surface area contributed by atoms with Crippen LogP contribution in [0.1, 0.15) is 16.1 Å². The van der Waals surface area contributed by atoms with E-state index in [9.17, 15) is 13.2 Å². The number of hydrogen-bond acceptors (Lipinski definition) is 4. The van der Waals surface area contributed by atoms with Gasteiger partial charge in [0.05, 0.1) is 6.33 Å². The molecule has 2 rings (SSSR count). The highest BCUT2D eigenvalue weighted by Gasteiger charge is 2.18. The number of rotatable bonds is 4. The SMILES string of the molecule is NC(=O)c1[nH]cnc1-c1ccccc1CS(=O)(=O)O. The van der Waals surface area contributed by atoms with Crippen LogP contribution in [-0.2, 0) is 15.9 Å². The lowest BCUT2D eigenvalue weighted by atomic mass is 10.0. The van der Waals surface area contributed by atoms with Crippen LogP contribution in [0.15, 0.2) is 30.6 Å². The van der Waals surface area contributed by atoms with Crippen LogP contribution in [0.3, 0.4) is 0 Å². The molecule has 0 unspecified atom stereocenters. The van der Waals surface area contributed by atoms with E-state index in [1.54, 1.807) is 18.2 Å². The van der Waals surface area contributed by atoms with E-state index in [0.29, 0.717) is 11.1 Å². The van der Waals surface area contributed by atoms with Gasteiger partial charge < -0.3 is 10.7 Å². The van der Waals surface area contributed by atoms with Crippen molar-refractivity contribution in [3.8, 4) is 11.3 Å². The summed E-state index contributed by atoms with van der Waals surface area (Å²) in [6.45, 7) is 0. The summed E-state index contributed by atoms with van der Waals surface area (Å²) in [5.41, 5.74) is 6.30. The lowest BCUT2D eigenvalue weighted by Crippen LogP contribution is -2.13. The topological polar surface area (TPSA) is 126 Å². The van der Waals surface area contributed by atoms with Gasteiger partial charge in [0, 0.05) is 5.56 Å². The second-order valence-corrected chi connectivity index (χ2v) is 5.33. The molecular weight excluding hydrogens is 270 g/mol. The first-order chi connectivity index (χ1) is 8.88. The maximum absolute atomic E-state index is 11.2. The Balaban J connectivity index is 2.57. The van der Waals surface area contributed by atoms with Gasteiger partial charge in [-0.1, -0.05) is 24.3 Å². The molecule has 4 N–H and O–H groups in total. The molecule has 0 radical (unpaired) electrons. The molecule has 19 heavy (non-hydrogen) atoms. The van der Waals surface area contributed by atoms with Crippen LogP contribution >= 0.6 is 0 Å². The second kappa shape index (κ2) is 4.82. The number of primary amides is 1. The third-order valence-electron chi connectivity index (χ3n) is 2.50. The highest BCUT2D eigenvalue weighted by Crippen LogP contribution is 2.25. The number of H-pyrrole nitrogens is 1. The minimum absolute atomic E-state index is 0.0859. The molecule has 7 nitrogen and oxygen atoms in total. The molecular formula is C11H11N3O4S. The van der Waals surface area contributed by atoms with Gasteiger partial charge in [-0.05, 0) is 5.56 Å². The van der Waals surface area contributed by atoms with E-state index in [0.717, 1.165) is 0 Å². The summed E-state index contributed by atoms with van der Waals surface area (Å²) in [6.07, 6.45) is 1.29. The molecule has 0 saturated carbocycles. The Labute approximate surface area is 109 Å². The number of nitrogens with zero attached hydrogens (tertiary/aromatic N) is 1. The van der Waals surface area contributed by atoms with E-state index >= 15 is 0 Å². The van der Waals surface area contributed by atoms with Crippen molar-refractivity contribution < 1.29 is 17.8 Å². The van der Waals surface area contributed by atoms with Crippen molar-refractivity contribution in [1.82, 2.24) is 9.97 Å². The zero-order chi connectivity index (χ0) is 14.0. The lowest BCUT2D eigenvalue weighted by molar-refractivity contribution is 0.0996. The summed E-state index contributed by atoms with van der Waals surface area (Å²) >= 11 is 0. The lowest BCUT2D eigenvalue weighted by Gasteiger charge is -2.06. The normalized spacial score (nSPS) is 11.4. The zero-order valence-corrected chi connectivity index (χ0v) is 10.5. The van der Waals surface area contributed by atoms with Gasteiger partial charge >= 0.3 is 0 Å². The van der Waals surface area contributed by atoms with Crippen molar-refractivity contribution in [2.75, 3.05) is 0 Å². The van der Waals surface area contributed by atoms with E-state index in [1.165, 1.54) is 12.4 Å². The van der Waals surface area contributed by atoms with Crippen molar-refractivity contribution >= 4 is 16.0 Å². The number of carbonyl (C=O) groups excluding carboxylic acids is 1. The maximum atomic E-state index is 11.2. The van der Waals surface area contributed by atoms with Gasteiger partial charge in [0.2, 0.25) is 0 Å². The number of aromatic amines is 1. The van der Waals surface area contributed by atoms with Crippen LogP contribution in [0.5, 0.6) is 0 Å². The van der Waals surface area contributed by atoms with Crippen LogP contribution in [0, 0.1) is 0 Å². The van der Waals surface area contributed by atoms with Gasteiger partial charge in [0.1, 0.15) is 17.1 Å². The minimum atomic E-state index is -4.18. The van der Waals surface area contributed by atoms with E-state index in [4.69, 9.17) is 10.3 Å². The maximum Gasteiger partial charge on any atom is 0.269 e. The molecule has 0 bridgehead atoms. The van der Waals surface area contributed by atoms with Crippen LogP contribution in [0.25, 0.3) is 11.3 Å². The van der Waals surface area contributed by atoms with Gasteiger partial charge in [-0.3, -0.25) is 9.35 Å². The summed E-state index contributed by atoms with van der Waals surface area (Å²) < 4.78 is 30.9. The number of benzene rings is 1. The smallest absolute Gasteiger partial charge is 0.269 e. The number of carbonyl (C=O) groups is 1. The summed E-state index contributed by atoms with van der Waals surface area (Å²) in [6, 6.07) is 6.43. The van der Waals surface area contributed by atoms with Crippen molar-refractivity contribution in [1.29, 1.82) is 0 Å². The van der Waals surface area contributed by atoms with E-state index in [1.807, 2.05) is 0 Å². The standard InChI is InChI=1S/C11H11N3O4S/c12-11(15)10-9(13-6-14-10)8-4-2-1-3-7(8)5-19(16,17)18/h1-4,6H,5H2,(H2,12,15)(H,13,14)(H,16,17,18). The predicted octanol–water partition coefficient (Wildman–Crippen LogP) is 0.563.